The smallest absolute Gasteiger partial charge is 0.223 e. The van der Waals surface area contributed by atoms with E-state index in [0.29, 0.717) is 5.95 Å². The van der Waals surface area contributed by atoms with Crippen molar-refractivity contribution in [1.29, 1.82) is 0 Å². The van der Waals surface area contributed by atoms with Gasteiger partial charge in [-0.3, -0.25) is 0 Å². The molecule has 2 N–H and O–H groups in total. The number of fused-ring (bicyclic) bond motifs is 1. The molecule has 0 aliphatic heterocycles. The summed E-state index contributed by atoms with van der Waals surface area (Å²) in [5.41, 5.74) is 8.09. The van der Waals surface area contributed by atoms with Crippen LogP contribution in [0.1, 0.15) is 5.56 Å². The summed E-state index contributed by atoms with van der Waals surface area (Å²) in [5, 5.41) is 3.04. The molecule has 0 bridgehead atoms. The first-order valence-corrected chi connectivity index (χ1v) is 6.84. The zero-order valence-electron chi connectivity index (χ0n) is 10.8. The van der Waals surface area contributed by atoms with Crippen LogP contribution in [0.5, 0.6) is 0 Å². The van der Waals surface area contributed by atoms with E-state index in [1.807, 2.05) is 29.5 Å². The molecule has 2 heterocycles. The standard InChI is InChI=1S/C14H14N4S/c1-9-4-3-5-10(8-9)18(2)12-11-6-7-19-13(11)17-14(15)16-12/h3-8H,1-2H3,(H2,15,16,17). The predicted octanol–water partition coefficient (Wildman–Crippen LogP) is 3.35. The van der Waals surface area contributed by atoms with Crippen LogP contribution < -0.4 is 10.6 Å². The molecule has 0 unspecified atom stereocenters. The van der Waals surface area contributed by atoms with Crippen molar-refractivity contribution in [3.8, 4) is 0 Å². The number of nitrogen functional groups attached to an aromatic ring is 1. The number of hydrogen-bond acceptors (Lipinski definition) is 5. The molecule has 0 spiro atoms. The number of rotatable bonds is 2. The summed E-state index contributed by atoms with van der Waals surface area (Å²) in [6.07, 6.45) is 0. The highest BCUT2D eigenvalue weighted by atomic mass is 32.1. The maximum Gasteiger partial charge on any atom is 0.223 e. The molecule has 0 aliphatic carbocycles. The van der Waals surface area contributed by atoms with E-state index in [9.17, 15) is 0 Å². The monoisotopic (exact) mass is 270 g/mol. The first-order chi connectivity index (χ1) is 9.15. The summed E-state index contributed by atoms with van der Waals surface area (Å²) in [6, 6.07) is 10.3. The fourth-order valence-electron chi connectivity index (χ4n) is 2.07. The van der Waals surface area contributed by atoms with Gasteiger partial charge in [0.2, 0.25) is 5.95 Å². The average Bonchev–Trinajstić information content (AvgIpc) is 2.85. The normalized spacial score (nSPS) is 10.8. The number of aromatic nitrogens is 2. The largest absolute Gasteiger partial charge is 0.368 e. The van der Waals surface area contributed by atoms with Crippen LogP contribution in [0.15, 0.2) is 35.7 Å². The van der Waals surface area contributed by atoms with E-state index in [1.165, 1.54) is 5.56 Å². The lowest BCUT2D eigenvalue weighted by Gasteiger charge is -2.19. The van der Waals surface area contributed by atoms with Crippen LogP contribution >= 0.6 is 11.3 Å². The van der Waals surface area contributed by atoms with Gasteiger partial charge in [0.25, 0.3) is 0 Å². The molecule has 19 heavy (non-hydrogen) atoms. The Kier molecular flexibility index (Phi) is 2.83. The second kappa shape index (κ2) is 4.51. The van der Waals surface area contributed by atoms with E-state index in [2.05, 4.69) is 35.1 Å². The molecule has 1 aromatic carbocycles. The summed E-state index contributed by atoms with van der Waals surface area (Å²) in [4.78, 5) is 11.6. The fraction of sp³-hybridized carbons (Fsp3) is 0.143. The number of hydrogen-bond donors (Lipinski definition) is 1. The topological polar surface area (TPSA) is 55.0 Å². The van der Waals surface area contributed by atoms with Crippen LogP contribution in [0, 0.1) is 6.92 Å². The highest BCUT2D eigenvalue weighted by Gasteiger charge is 2.13. The molecular weight excluding hydrogens is 256 g/mol. The van der Waals surface area contributed by atoms with Gasteiger partial charge in [0.05, 0.1) is 5.39 Å². The third-order valence-electron chi connectivity index (χ3n) is 3.03. The molecule has 0 radical (unpaired) electrons. The lowest BCUT2D eigenvalue weighted by Crippen LogP contribution is -2.13. The number of nitrogens with two attached hydrogens (primary N) is 1. The molecule has 0 aliphatic rings. The van der Waals surface area contributed by atoms with Gasteiger partial charge in [0.1, 0.15) is 10.6 Å². The summed E-state index contributed by atoms with van der Waals surface area (Å²) < 4.78 is 0. The first-order valence-electron chi connectivity index (χ1n) is 5.96. The fourth-order valence-corrected chi connectivity index (χ4v) is 2.84. The Bertz CT molecular complexity index is 735. The van der Waals surface area contributed by atoms with Crippen molar-refractivity contribution in [2.45, 2.75) is 6.92 Å². The van der Waals surface area contributed by atoms with Crippen LogP contribution in [0.2, 0.25) is 0 Å². The second-order valence-electron chi connectivity index (χ2n) is 4.44. The molecule has 0 saturated carbocycles. The Labute approximate surface area is 115 Å². The van der Waals surface area contributed by atoms with Gasteiger partial charge in [-0.1, -0.05) is 12.1 Å². The number of nitrogens with zero attached hydrogens (tertiary/aromatic N) is 3. The van der Waals surface area contributed by atoms with Gasteiger partial charge in [0.15, 0.2) is 0 Å². The second-order valence-corrected chi connectivity index (χ2v) is 5.34. The lowest BCUT2D eigenvalue weighted by atomic mass is 10.2. The highest BCUT2D eigenvalue weighted by Crippen LogP contribution is 2.31. The molecule has 0 amide bonds. The zero-order valence-corrected chi connectivity index (χ0v) is 11.6. The Morgan fingerprint density at radius 3 is 2.84 bits per heavy atom. The van der Waals surface area contributed by atoms with Crippen LogP contribution in [0.4, 0.5) is 17.5 Å². The SMILES string of the molecule is Cc1cccc(N(C)c2nc(N)nc3sccc23)c1. The third-order valence-corrected chi connectivity index (χ3v) is 3.84. The number of benzene rings is 1. The Morgan fingerprint density at radius 1 is 1.21 bits per heavy atom. The van der Waals surface area contributed by atoms with E-state index in [-0.39, 0.29) is 0 Å². The van der Waals surface area contributed by atoms with Crippen molar-refractivity contribution in [3.05, 3.63) is 41.3 Å². The Balaban J connectivity index is 2.15. The summed E-state index contributed by atoms with van der Waals surface area (Å²) in [7, 11) is 1.99. The van der Waals surface area contributed by atoms with Crippen molar-refractivity contribution in [2.24, 2.45) is 0 Å². The molecule has 3 aromatic rings. The number of aryl methyl sites for hydroxylation is 1. The molecule has 3 rings (SSSR count). The molecule has 5 heteroatoms. The van der Waals surface area contributed by atoms with Crippen molar-refractivity contribution in [3.63, 3.8) is 0 Å². The van der Waals surface area contributed by atoms with E-state index in [1.54, 1.807) is 11.3 Å². The summed E-state index contributed by atoms with van der Waals surface area (Å²) >= 11 is 1.57. The third kappa shape index (κ3) is 2.13. The van der Waals surface area contributed by atoms with Crippen LogP contribution in [0.25, 0.3) is 10.2 Å². The highest BCUT2D eigenvalue weighted by molar-refractivity contribution is 7.16. The quantitative estimate of drug-likeness (QED) is 0.776. The van der Waals surface area contributed by atoms with Crippen LogP contribution in [0.3, 0.4) is 0 Å². The van der Waals surface area contributed by atoms with Gasteiger partial charge in [-0.2, -0.15) is 4.98 Å². The van der Waals surface area contributed by atoms with Gasteiger partial charge in [-0.05, 0) is 36.1 Å². The minimum atomic E-state index is 0.310. The zero-order chi connectivity index (χ0) is 13.4. The minimum Gasteiger partial charge on any atom is -0.368 e. The van der Waals surface area contributed by atoms with E-state index in [4.69, 9.17) is 5.73 Å². The maximum absolute atomic E-state index is 5.79. The maximum atomic E-state index is 5.79. The van der Waals surface area contributed by atoms with Gasteiger partial charge >= 0.3 is 0 Å². The molecule has 4 nitrogen and oxygen atoms in total. The summed E-state index contributed by atoms with van der Waals surface area (Å²) in [5.74, 6) is 1.15. The van der Waals surface area contributed by atoms with E-state index < -0.39 is 0 Å². The minimum absolute atomic E-state index is 0.310. The summed E-state index contributed by atoms with van der Waals surface area (Å²) in [6.45, 7) is 2.08. The molecule has 0 fully saturated rings. The predicted molar refractivity (Wildman–Crippen MR) is 81.1 cm³/mol. The molecule has 0 atom stereocenters. The number of thiophene rings is 1. The van der Waals surface area contributed by atoms with Gasteiger partial charge < -0.3 is 10.6 Å². The van der Waals surface area contributed by atoms with Crippen molar-refractivity contribution in [1.82, 2.24) is 9.97 Å². The number of anilines is 3. The molecule has 96 valence electrons. The Hall–Kier alpha value is -2.14. The average molecular weight is 270 g/mol. The molecular formula is C14H14N4S. The Morgan fingerprint density at radius 2 is 2.05 bits per heavy atom. The molecule has 2 aromatic heterocycles. The van der Waals surface area contributed by atoms with Gasteiger partial charge in [0, 0.05) is 12.7 Å². The van der Waals surface area contributed by atoms with Gasteiger partial charge in [-0.25, -0.2) is 4.98 Å². The van der Waals surface area contributed by atoms with Crippen LogP contribution in [-0.4, -0.2) is 17.0 Å². The van der Waals surface area contributed by atoms with Crippen molar-refractivity contribution >= 4 is 39.0 Å². The lowest BCUT2D eigenvalue weighted by molar-refractivity contribution is 1.12. The van der Waals surface area contributed by atoms with Crippen molar-refractivity contribution in [2.75, 3.05) is 17.7 Å². The molecule has 0 saturated heterocycles. The van der Waals surface area contributed by atoms with E-state index in [0.717, 1.165) is 21.7 Å². The van der Waals surface area contributed by atoms with Crippen molar-refractivity contribution < 1.29 is 0 Å². The van der Waals surface area contributed by atoms with Crippen LogP contribution in [-0.2, 0) is 0 Å². The van der Waals surface area contributed by atoms with Gasteiger partial charge in [-0.15, -0.1) is 11.3 Å². The van der Waals surface area contributed by atoms with E-state index >= 15 is 0 Å². The first kappa shape index (κ1) is 11.9.